The zero-order chi connectivity index (χ0) is 16.9. The fourth-order valence-electron chi connectivity index (χ4n) is 3.09. The standard InChI is InChI=1S/C18H22FN3O2/c1-2-17(23)22-11-9-13(10-12-22)3-8-16-20-18(24-21-16)14-4-6-15(19)7-5-14/h4-7,13H,2-3,8-12H2,1H3. The molecule has 0 bridgehead atoms. The number of aryl methyl sites for hydroxylation is 1. The molecule has 0 unspecified atom stereocenters. The fraction of sp³-hybridized carbons (Fsp3) is 0.500. The van der Waals surface area contributed by atoms with Crippen LogP contribution in [0.25, 0.3) is 11.5 Å². The van der Waals surface area contributed by atoms with Crippen LogP contribution in [0.15, 0.2) is 28.8 Å². The molecule has 1 aliphatic rings. The SMILES string of the molecule is CCC(=O)N1CCC(CCc2noc(-c3ccc(F)cc3)n2)CC1. The summed E-state index contributed by atoms with van der Waals surface area (Å²) >= 11 is 0. The third-order valence-electron chi connectivity index (χ3n) is 4.61. The van der Waals surface area contributed by atoms with E-state index >= 15 is 0 Å². The molecule has 1 saturated heterocycles. The van der Waals surface area contributed by atoms with E-state index in [1.54, 1.807) is 12.1 Å². The van der Waals surface area contributed by atoms with Crippen molar-refractivity contribution in [2.24, 2.45) is 5.92 Å². The molecule has 0 atom stereocenters. The molecule has 128 valence electrons. The first-order chi connectivity index (χ1) is 11.7. The number of carbonyl (C=O) groups is 1. The van der Waals surface area contributed by atoms with Crippen LogP contribution in [0.4, 0.5) is 4.39 Å². The van der Waals surface area contributed by atoms with Gasteiger partial charge in [-0.1, -0.05) is 12.1 Å². The van der Waals surface area contributed by atoms with Crippen LogP contribution in [0.2, 0.25) is 0 Å². The van der Waals surface area contributed by atoms with E-state index in [-0.39, 0.29) is 11.7 Å². The number of likely N-dealkylation sites (tertiary alicyclic amines) is 1. The Morgan fingerprint density at radius 3 is 2.67 bits per heavy atom. The first-order valence-corrected chi connectivity index (χ1v) is 8.52. The van der Waals surface area contributed by atoms with Crippen molar-refractivity contribution in [2.45, 2.75) is 39.0 Å². The number of hydrogen-bond acceptors (Lipinski definition) is 4. The van der Waals surface area contributed by atoms with Gasteiger partial charge in [-0.05, 0) is 49.4 Å². The lowest BCUT2D eigenvalue weighted by Crippen LogP contribution is -2.38. The van der Waals surface area contributed by atoms with Gasteiger partial charge in [0.2, 0.25) is 5.91 Å². The van der Waals surface area contributed by atoms with Crippen molar-refractivity contribution < 1.29 is 13.7 Å². The molecule has 6 heteroatoms. The number of hydrogen-bond donors (Lipinski definition) is 0. The number of benzene rings is 1. The van der Waals surface area contributed by atoms with E-state index in [1.807, 2.05) is 11.8 Å². The Kier molecular flexibility index (Phi) is 5.23. The van der Waals surface area contributed by atoms with Crippen LogP contribution in [-0.2, 0) is 11.2 Å². The Hall–Kier alpha value is -2.24. The van der Waals surface area contributed by atoms with E-state index in [0.717, 1.165) is 44.3 Å². The third kappa shape index (κ3) is 3.99. The van der Waals surface area contributed by atoms with Gasteiger partial charge in [0.05, 0.1) is 0 Å². The maximum absolute atomic E-state index is 12.9. The highest BCUT2D eigenvalue weighted by Gasteiger charge is 2.22. The number of nitrogens with zero attached hydrogens (tertiary/aromatic N) is 3. The molecule has 1 aromatic heterocycles. The predicted octanol–water partition coefficient (Wildman–Crippen LogP) is 3.46. The first-order valence-electron chi connectivity index (χ1n) is 8.52. The molecule has 24 heavy (non-hydrogen) atoms. The summed E-state index contributed by atoms with van der Waals surface area (Å²) in [5.41, 5.74) is 0.724. The highest BCUT2D eigenvalue weighted by atomic mass is 19.1. The Labute approximate surface area is 140 Å². The molecule has 2 heterocycles. The summed E-state index contributed by atoms with van der Waals surface area (Å²) in [5.74, 6) is 1.66. The molecule has 2 aromatic rings. The Morgan fingerprint density at radius 1 is 1.29 bits per heavy atom. The molecule has 0 N–H and O–H groups in total. The second-order valence-corrected chi connectivity index (χ2v) is 6.24. The lowest BCUT2D eigenvalue weighted by atomic mass is 9.92. The van der Waals surface area contributed by atoms with Gasteiger partial charge in [0.15, 0.2) is 5.82 Å². The minimum Gasteiger partial charge on any atom is -0.343 e. The Morgan fingerprint density at radius 2 is 2.00 bits per heavy atom. The summed E-state index contributed by atoms with van der Waals surface area (Å²) in [5, 5.41) is 4.01. The van der Waals surface area contributed by atoms with Crippen LogP contribution in [0.5, 0.6) is 0 Å². The van der Waals surface area contributed by atoms with E-state index in [1.165, 1.54) is 12.1 Å². The Bertz CT molecular complexity index is 676. The van der Waals surface area contributed by atoms with Crippen molar-refractivity contribution in [1.29, 1.82) is 0 Å². The average Bonchev–Trinajstić information content (AvgIpc) is 3.09. The van der Waals surface area contributed by atoms with Gasteiger partial charge in [0.25, 0.3) is 5.89 Å². The van der Waals surface area contributed by atoms with Crippen LogP contribution in [0.1, 0.15) is 38.4 Å². The van der Waals surface area contributed by atoms with E-state index in [2.05, 4.69) is 10.1 Å². The molecule has 0 aliphatic carbocycles. The summed E-state index contributed by atoms with van der Waals surface area (Å²) in [6, 6.07) is 6.02. The quantitative estimate of drug-likeness (QED) is 0.842. The molecule has 1 aromatic carbocycles. The van der Waals surface area contributed by atoms with E-state index in [0.29, 0.717) is 24.1 Å². The van der Waals surface area contributed by atoms with Gasteiger partial charge in [0.1, 0.15) is 5.82 Å². The molecule has 1 amide bonds. The lowest BCUT2D eigenvalue weighted by Gasteiger charge is -2.31. The zero-order valence-electron chi connectivity index (χ0n) is 13.9. The third-order valence-corrected chi connectivity index (χ3v) is 4.61. The van der Waals surface area contributed by atoms with Gasteiger partial charge in [-0.3, -0.25) is 4.79 Å². The summed E-state index contributed by atoms with van der Waals surface area (Å²) in [6.07, 6.45) is 4.41. The predicted molar refractivity (Wildman–Crippen MR) is 87.6 cm³/mol. The molecular weight excluding hydrogens is 309 g/mol. The molecular formula is C18H22FN3O2. The average molecular weight is 331 g/mol. The molecule has 0 saturated carbocycles. The Balaban J connectivity index is 1.50. The largest absolute Gasteiger partial charge is 0.343 e. The van der Waals surface area contributed by atoms with Crippen LogP contribution in [0, 0.1) is 11.7 Å². The maximum atomic E-state index is 12.9. The van der Waals surface area contributed by atoms with Crippen molar-refractivity contribution in [3.8, 4) is 11.5 Å². The van der Waals surface area contributed by atoms with E-state index in [9.17, 15) is 9.18 Å². The number of halogens is 1. The zero-order valence-corrected chi connectivity index (χ0v) is 13.9. The van der Waals surface area contributed by atoms with Gasteiger partial charge in [-0.2, -0.15) is 4.98 Å². The topological polar surface area (TPSA) is 59.2 Å². The van der Waals surface area contributed by atoms with Crippen molar-refractivity contribution >= 4 is 5.91 Å². The van der Waals surface area contributed by atoms with Crippen molar-refractivity contribution in [1.82, 2.24) is 15.0 Å². The van der Waals surface area contributed by atoms with E-state index in [4.69, 9.17) is 4.52 Å². The lowest BCUT2D eigenvalue weighted by molar-refractivity contribution is -0.132. The number of rotatable bonds is 5. The monoisotopic (exact) mass is 331 g/mol. The van der Waals surface area contributed by atoms with Gasteiger partial charge in [-0.15, -0.1) is 0 Å². The molecule has 1 aliphatic heterocycles. The number of amides is 1. The van der Waals surface area contributed by atoms with Gasteiger partial charge in [0, 0.05) is 31.5 Å². The number of carbonyl (C=O) groups excluding carboxylic acids is 1. The molecule has 0 spiro atoms. The summed E-state index contributed by atoms with van der Waals surface area (Å²) in [7, 11) is 0. The smallest absolute Gasteiger partial charge is 0.257 e. The minimum absolute atomic E-state index is 0.246. The highest BCUT2D eigenvalue weighted by Crippen LogP contribution is 2.23. The highest BCUT2D eigenvalue weighted by molar-refractivity contribution is 5.75. The summed E-state index contributed by atoms with van der Waals surface area (Å²) in [4.78, 5) is 18.0. The van der Waals surface area contributed by atoms with E-state index < -0.39 is 0 Å². The van der Waals surface area contributed by atoms with Crippen molar-refractivity contribution in [3.63, 3.8) is 0 Å². The second kappa shape index (κ2) is 7.55. The molecule has 0 radical (unpaired) electrons. The van der Waals surface area contributed by atoms with Crippen LogP contribution >= 0.6 is 0 Å². The van der Waals surface area contributed by atoms with Gasteiger partial charge < -0.3 is 9.42 Å². The number of aromatic nitrogens is 2. The van der Waals surface area contributed by atoms with Gasteiger partial charge in [-0.25, -0.2) is 4.39 Å². The van der Waals surface area contributed by atoms with Crippen LogP contribution < -0.4 is 0 Å². The normalized spacial score (nSPS) is 15.7. The van der Waals surface area contributed by atoms with Crippen LogP contribution in [-0.4, -0.2) is 34.0 Å². The summed E-state index contributed by atoms with van der Waals surface area (Å²) < 4.78 is 18.2. The van der Waals surface area contributed by atoms with Crippen LogP contribution in [0.3, 0.4) is 0 Å². The number of piperidine rings is 1. The van der Waals surface area contributed by atoms with Crippen molar-refractivity contribution in [3.05, 3.63) is 35.9 Å². The second-order valence-electron chi connectivity index (χ2n) is 6.24. The molecule has 1 fully saturated rings. The molecule has 3 rings (SSSR count). The van der Waals surface area contributed by atoms with Gasteiger partial charge >= 0.3 is 0 Å². The fourth-order valence-corrected chi connectivity index (χ4v) is 3.09. The minimum atomic E-state index is -0.286. The first kappa shape index (κ1) is 16.6. The van der Waals surface area contributed by atoms with Crippen molar-refractivity contribution in [2.75, 3.05) is 13.1 Å². The maximum Gasteiger partial charge on any atom is 0.257 e. The summed E-state index contributed by atoms with van der Waals surface area (Å²) in [6.45, 7) is 3.61. The molecule has 5 nitrogen and oxygen atoms in total.